The molecule has 0 unspecified atom stereocenters. The summed E-state index contributed by atoms with van der Waals surface area (Å²) in [5.41, 5.74) is 6.54. The van der Waals surface area contributed by atoms with Crippen LogP contribution in [0, 0.1) is 0 Å². The zero-order valence-electron chi connectivity index (χ0n) is 17.2. The highest BCUT2D eigenvalue weighted by Crippen LogP contribution is 2.30. The van der Waals surface area contributed by atoms with Crippen molar-refractivity contribution in [2.45, 2.75) is 39.2 Å². The van der Waals surface area contributed by atoms with Crippen molar-refractivity contribution in [3.05, 3.63) is 78.1 Å². The number of hydrogen-bond acceptors (Lipinski definition) is 3. The Hall–Kier alpha value is -3.47. The van der Waals surface area contributed by atoms with Gasteiger partial charge in [0, 0.05) is 46.3 Å². The molecule has 0 bridgehead atoms. The molecule has 152 valence electrons. The van der Waals surface area contributed by atoms with Crippen LogP contribution in [0.2, 0.25) is 0 Å². The number of rotatable bonds is 8. The first-order valence-electron chi connectivity index (χ1n) is 10.5. The van der Waals surface area contributed by atoms with E-state index in [1.807, 2.05) is 6.07 Å². The first-order valence-corrected chi connectivity index (χ1v) is 10.5. The predicted octanol–water partition coefficient (Wildman–Crippen LogP) is 5.53. The molecule has 1 amide bonds. The number of hydrazone groups is 1. The summed E-state index contributed by atoms with van der Waals surface area (Å²) in [5.74, 6) is -0.250. The fraction of sp³-hybridized carbons (Fsp3) is 0.240. The molecule has 2 heterocycles. The topological polar surface area (TPSA) is 59.3 Å². The molecule has 2 aromatic carbocycles. The van der Waals surface area contributed by atoms with E-state index in [0.29, 0.717) is 5.56 Å². The van der Waals surface area contributed by atoms with E-state index in [1.54, 1.807) is 30.7 Å². The van der Waals surface area contributed by atoms with E-state index in [4.69, 9.17) is 0 Å². The summed E-state index contributed by atoms with van der Waals surface area (Å²) in [7, 11) is 0. The molecule has 0 saturated carbocycles. The van der Waals surface area contributed by atoms with Gasteiger partial charge in [0.25, 0.3) is 5.91 Å². The van der Waals surface area contributed by atoms with Gasteiger partial charge in [-0.25, -0.2) is 5.43 Å². The number of fused-ring (bicyclic) bond motifs is 3. The molecule has 5 heteroatoms. The van der Waals surface area contributed by atoms with E-state index in [0.717, 1.165) is 12.1 Å². The molecule has 0 spiro atoms. The van der Waals surface area contributed by atoms with Gasteiger partial charge in [0.1, 0.15) is 0 Å². The van der Waals surface area contributed by atoms with Crippen molar-refractivity contribution in [2.24, 2.45) is 5.10 Å². The van der Waals surface area contributed by atoms with Crippen LogP contribution in [-0.2, 0) is 6.54 Å². The average molecular weight is 399 g/mol. The number of para-hydroxylation sites is 1. The summed E-state index contributed by atoms with van der Waals surface area (Å²) in [6.45, 7) is 3.24. The van der Waals surface area contributed by atoms with Crippen molar-refractivity contribution in [2.75, 3.05) is 0 Å². The third-order valence-corrected chi connectivity index (χ3v) is 5.36. The number of amides is 1. The lowest BCUT2D eigenvalue weighted by Crippen LogP contribution is -2.17. The van der Waals surface area contributed by atoms with Gasteiger partial charge in [0.05, 0.1) is 6.21 Å². The second-order valence-corrected chi connectivity index (χ2v) is 7.44. The Kier molecular flexibility index (Phi) is 6.18. The SMILES string of the molecule is CCCCCCn1c2ccccc2c2ccc(/C=N/NC(=O)c3ccncc3)cc21. The molecule has 0 aliphatic rings. The summed E-state index contributed by atoms with van der Waals surface area (Å²) in [6, 6.07) is 18.2. The number of aryl methyl sites for hydroxylation is 1. The summed E-state index contributed by atoms with van der Waals surface area (Å²) >= 11 is 0. The highest BCUT2D eigenvalue weighted by atomic mass is 16.2. The minimum absolute atomic E-state index is 0.250. The summed E-state index contributed by atoms with van der Waals surface area (Å²) in [5, 5.41) is 6.67. The van der Waals surface area contributed by atoms with E-state index in [2.05, 4.69) is 63.4 Å². The first-order chi connectivity index (χ1) is 14.8. The Balaban J connectivity index is 1.59. The number of nitrogens with zero attached hydrogens (tertiary/aromatic N) is 3. The second-order valence-electron chi connectivity index (χ2n) is 7.44. The maximum atomic E-state index is 12.1. The Bertz CT molecular complexity index is 1180. The molecule has 0 aliphatic heterocycles. The summed E-state index contributed by atoms with van der Waals surface area (Å²) in [4.78, 5) is 16.1. The smallest absolute Gasteiger partial charge is 0.271 e. The zero-order valence-corrected chi connectivity index (χ0v) is 17.2. The van der Waals surface area contributed by atoms with Crippen LogP contribution >= 0.6 is 0 Å². The maximum absolute atomic E-state index is 12.1. The van der Waals surface area contributed by atoms with Crippen LogP contribution in [0.1, 0.15) is 48.5 Å². The van der Waals surface area contributed by atoms with Crippen LogP contribution in [0.5, 0.6) is 0 Å². The van der Waals surface area contributed by atoms with Crippen molar-refractivity contribution in [3.8, 4) is 0 Å². The Morgan fingerprint density at radius 3 is 2.63 bits per heavy atom. The third kappa shape index (κ3) is 4.25. The molecule has 5 nitrogen and oxygen atoms in total. The monoisotopic (exact) mass is 398 g/mol. The number of aromatic nitrogens is 2. The fourth-order valence-electron chi connectivity index (χ4n) is 3.82. The second kappa shape index (κ2) is 9.35. The third-order valence-electron chi connectivity index (χ3n) is 5.36. The van der Waals surface area contributed by atoms with Crippen molar-refractivity contribution in [3.63, 3.8) is 0 Å². The van der Waals surface area contributed by atoms with Crippen molar-refractivity contribution < 1.29 is 4.79 Å². The van der Waals surface area contributed by atoms with Gasteiger partial charge in [-0.3, -0.25) is 9.78 Å². The Labute approximate surface area is 176 Å². The molecule has 1 N–H and O–H groups in total. The van der Waals surface area contributed by atoms with Gasteiger partial charge in [0.2, 0.25) is 0 Å². The van der Waals surface area contributed by atoms with E-state index < -0.39 is 0 Å². The first kappa shape index (κ1) is 19.8. The number of carbonyl (C=O) groups is 1. The van der Waals surface area contributed by atoms with Crippen LogP contribution in [0.4, 0.5) is 0 Å². The molecule has 0 fully saturated rings. The van der Waals surface area contributed by atoms with Crippen molar-refractivity contribution >= 4 is 33.9 Å². The van der Waals surface area contributed by atoms with E-state index in [-0.39, 0.29) is 5.91 Å². The van der Waals surface area contributed by atoms with Gasteiger partial charge in [-0.15, -0.1) is 0 Å². The summed E-state index contributed by atoms with van der Waals surface area (Å²) < 4.78 is 2.41. The van der Waals surface area contributed by atoms with Gasteiger partial charge >= 0.3 is 0 Å². The van der Waals surface area contributed by atoms with Gasteiger partial charge in [0.15, 0.2) is 0 Å². The number of nitrogens with one attached hydrogen (secondary N) is 1. The molecule has 2 aromatic heterocycles. The predicted molar refractivity (Wildman–Crippen MR) is 123 cm³/mol. The number of carbonyl (C=O) groups excluding carboxylic acids is 1. The molecule has 0 aliphatic carbocycles. The normalized spacial score (nSPS) is 11.5. The lowest BCUT2D eigenvalue weighted by atomic mass is 10.1. The van der Waals surface area contributed by atoms with Crippen LogP contribution in [0.3, 0.4) is 0 Å². The van der Waals surface area contributed by atoms with Gasteiger partial charge in [-0.1, -0.05) is 56.5 Å². The highest BCUT2D eigenvalue weighted by molar-refractivity contribution is 6.09. The van der Waals surface area contributed by atoms with Gasteiger partial charge < -0.3 is 4.57 Å². The van der Waals surface area contributed by atoms with Crippen molar-refractivity contribution in [1.29, 1.82) is 0 Å². The number of pyridine rings is 1. The molecule has 4 aromatic rings. The fourth-order valence-corrected chi connectivity index (χ4v) is 3.82. The van der Waals surface area contributed by atoms with E-state index >= 15 is 0 Å². The van der Waals surface area contributed by atoms with Crippen LogP contribution in [-0.4, -0.2) is 21.7 Å². The molecular formula is C25H26N4O. The average Bonchev–Trinajstić information content (AvgIpc) is 3.10. The Morgan fingerprint density at radius 1 is 1.00 bits per heavy atom. The van der Waals surface area contributed by atoms with Crippen LogP contribution in [0.25, 0.3) is 21.8 Å². The number of hydrogen-bond donors (Lipinski definition) is 1. The molecule has 30 heavy (non-hydrogen) atoms. The molecule has 0 radical (unpaired) electrons. The summed E-state index contributed by atoms with van der Waals surface area (Å²) in [6.07, 6.45) is 9.79. The lowest BCUT2D eigenvalue weighted by molar-refractivity contribution is 0.0955. The van der Waals surface area contributed by atoms with E-state index in [9.17, 15) is 4.79 Å². The molecule has 4 rings (SSSR count). The Morgan fingerprint density at radius 2 is 1.80 bits per heavy atom. The zero-order chi connectivity index (χ0) is 20.8. The molecule has 0 saturated heterocycles. The van der Waals surface area contributed by atoms with Crippen molar-refractivity contribution in [1.82, 2.24) is 15.0 Å². The van der Waals surface area contributed by atoms with Crippen LogP contribution in [0.15, 0.2) is 72.1 Å². The molecule has 0 atom stereocenters. The minimum atomic E-state index is -0.250. The quantitative estimate of drug-likeness (QED) is 0.241. The van der Waals surface area contributed by atoms with Gasteiger partial charge in [-0.05, 0) is 36.2 Å². The lowest BCUT2D eigenvalue weighted by Gasteiger charge is -2.07. The number of unbranched alkanes of at least 4 members (excludes halogenated alkanes) is 3. The largest absolute Gasteiger partial charge is 0.340 e. The maximum Gasteiger partial charge on any atom is 0.271 e. The standard InChI is InChI=1S/C25H26N4O/c1-2-3-4-7-16-29-23-9-6-5-8-21(23)22-11-10-19(17-24(22)29)18-27-28-25(30)20-12-14-26-15-13-20/h5-6,8-15,17-18H,2-4,7,16H2,1H3,(H,28,30)/b27-18+. The van der Waals surface area contributed by atoms with Crippen LogP contribution < -0.4 is 5.43 Å². The number of benzene rings is 2. The van der Waals surface area contributed by atoms with Gasteiger partial charge in [-0.2, -0.15) is 5.10 Å². The van der Waals surface area contributed by atoms with E-state index in [1.165, 1.54) is 47.5 Å². The minimum Gasteiger partial charge on any atom is -0.340 e. The highest BCUT2D eigenvalue weighted by Gasteiger charge is 2.10. The molecular weight excluding hydrogens is 372 g/mol.